The first-order valence-corrected chi connectivity index (χ1v) is 10.0. The Labute approximate surface area is 169 Å². The topological polar surface area (TPSA) is 40.1 Å². The molecule has 0 atom stereocenters. The fraction of sp³-hybridized carbons (Fsp3) is 0.435. The molecule has 0 amide bonds. The molecule has 0 radical (unpaired) electrons. The Morgan fingerprint density at radius 1 is 1.07 bits per heavy atom. The van der Waals surface area contributed by atoms with Gasteiger partial charge in [0.1, 0.15) is 11.9 Å². The molecule has 1 aliphatic heterocycles. The monoisotopic (exact) mass is 380 g/mol. The fourth-order valence-corrected chi connectivity index (χ4v) is 3.59. The average molecular weight is 381 g/mol. The largest absolute Gasteiger partial charge is 0.490 e. The number of hydrogen-bond donors (Lipinski definition) is 1. The van der Waals surface area contributed by atoms with Gasteiger partial charge < -0.3 is 19.9 Å². The Bertz CT molecular complexity index is 752. The number of likely N-dealkylation sites (tertiary alicyclic amines) is 1. The van der Waals surface area contributed by atoms with Gasteiger partial charge in [0.05, 0.1) is 0 Å². The predicted octanol–water partition coefficient (Wildman–Crippen LogP) is 3.37. The van der Waals surface area contributed by atoms with Crippen LogP contribution in [0.15, 0.2) is 59.6 Å². The highest BCUT2D eigenvalue weighted by molar-refractivity contribution is 5.80. The summed E-state index contributed by atoms with van der Waals surface area (Å²) in [4.78, 5) is 9.00. The van der Waals surface area contributed by atoms with Crippen molar-refractivity contribution in [1.29, 1.82) is 0 Å². The van der Waals surface area contributed by atoms with E-state index < -0.39 is 0 Å². The molecule has 0 unspecified atom stereocenters. The molecular formula is C23H32N4O. The van der Waals surface area contributed by atoms with E-state index in [1.54, 1.807) is 0 Å². The van der Waals surface area contributed by atoms with Crippen LogP contribution in [0.5, 0.6) is 5.75 Å². The van der Waals surface area contributed by atoms with Crippen LogP contribution in [-0.2, 0) is 13.1 Å². The quantitative estimate of drug-likeness (QED) is 0.616. The number of nitrogens with zero attached hydrogens (tertiary/aromatic N) is 3. The minimum absolute atomic E-state index is 0.277. The lowest BCUT2D eigenvalue weighted by molar-refractivity contribution is 0.129. The summed E-state index contributed by atoms with van der Waals surface area (Å²) in [6, 6.07) is 18.8. The van der Waals surface area contributed by atoms with Gasteiger partial charge in [-0.25, -0.2) is 0 Å². The van der Waals surface area contributed by atoms with Crippen LogP contribution in [0.3, 0.4) is 0 Å². The molecule has 1 N–H and O–H groups in total. The van der Waals surface area contributed by atoms with Crippen LogP contribution >= 0.6 is 0 Å². The van der Waals surface area contributed by atoms with E-state index in [-0.39, 0.29) is 6.10 Å². The van der Waals surface area contributed by atoms with Gasteiger partial charge in [-0.15, -0.1) is 0 Å². The lowest BCUT2D eigenvalue weighted by Gasteiger charge is -2.34. The number of para-hydroxylation sites is 1. The number of ether oxygens (including phenoxy) is 1. The van der Waals surface area contributed by atoms with Crippen molar-refractivity contribution in [2.75, 3.05) is 34.2 Å². The highest BCUT2D eigenvalue weighted by Crippen LogP contribution is 2.18. The number of hydrogen-bond acceptors (Lipinski definition) is 3. The minimum atomic E-state index is 0.277. The van der Waals surface area contributed by atoms with E-state index in [2.05, 4.69) is 58.5 Å². The summed E-state index contributed by atoms with van der Waals surface area (Å²) in [6.45, 7) is 3.65. The van der Waals surface area contributed by atoms with Crippen molar-refractivity contribution < 1.29 is 4.74 Å². The van der Waals surface area contributed by atoms with Gasteiger partial charge in [-0.1, -0.05) is 42.5 Å². The second-order valence-electron chi connectivity index (χ2n) is 7.58. The molecule has 1 saturated heterocycles. The van der Waals surface area contributed by atoms with Crippen LogP contribution in [0.4, 0.5) is 0 Å². The van der Waals surface area contributed by atoms with Crippen molar-refractivity contribution in [2.45, 2.75) is 32.0 Å². The van der Waals surface area contributed by atoms with E-state index in [0.717, 1.165) is 50.7 Å². The van der Waals surface area contributed by atoms with Crippen LogP contribution in [0, 0.1) is 0 Å². The van der Waals surface area contributed by atoms with E-state index >= 15 is 0 Å². The Hall–Kier alpha value is -2.53. The average Bonchev–Trinajstić information content (AvgIpc) is 2.70. The van der Waals surface area contributed by atoms with Crippen LogP contribution in [-0.4, -0.2) is 56.1 Å². The van der Waals surface area contributed by atoms with Crippen LogP contribution < -0.4 is 10.1 Å². The SMILES string of the molecule is CN=C(NCc1cccc(CN(C)C)c1)N1CCC(Oc2ccccc2)CC1. The zero-order chi connectivity index (χ0) is 19.8. The van der Waals surface area contributed by atoms with Crippen LogP contribution in [0.25, 0.3) is 0 Å². The number of aliphatic imine (C=N–C) groups is 1. The maximum absolute atomic E-state index is 6.10. The second kappa shape index (κ2) is 10.1. The van der Waals surface area contributed by atoms with Crippen molar-refractivity contribution in [2.24, 2.45) is 4.99 Å². The van der Waals surface area contributed by atoms with Crippen molar-refractivity contribution in [3.8, 4) is 5.75 Å². The Balaban J connectivity index is 1.48. The highest BCUT2D eigenvalue weighted by atomic mass is 16.5. The molecule has 1 heterocycles. The fourth-order valence-electron chi connectivity index (χ4n) is 3.59. The molecule has 0 saturated carbocycles. The molecule has 0 spiro atoms. The van der Waals surface area contributed by atoms with E-state index in [1.165, 1.54) is 11.1 Å². The molecule has 150 valence electrons. The molecule has 1 aliphatic rings. The van der Waals surface area contributed by atoms with Crippen LogP contribution in [0.1, 0.15) is 24.0 Å². The normalized spacial score (nSPS) is 15.7. The molecular weight excluding hydrogens is 348 g/mol. The molecule has 2 aromatic rings. The number of piperidine rings is 1. The maximum atomic E-state index is 6.10. The summed E-state index contributed by atoms with van der Waals surface area (Å²) in [7, 11) is 6.05. The molecule has 0 bridgehead atoms. The number of benzene rings is 2. The minimum Gasteiger partial charge on any atom is -0.490 e. The third-order valence-electron chi connectivity index (χ3n) is 4.94. The molecule has 3 rings (SSSR count). The Morgan fingerprint density at radius 3 is 2.46 bits per heavy atom. The molecule has 28 heavy (non-hydrogen) atoms. The number of rotatable bonds is 6. The standard InChI is InChI=1S/C23H32N4O/c1-24-23(25-17-19-8-7-9-20(16-19)18-26(2)3)27-14-12-22(13-15-27)28-21-10-5-4-6-11-21/h4-11,16,22H,12-15,17-18H2,1-3H3,(H,24,25). The number of guanidine groups is 1. The van der Waals surface area contributed by atoms with E-state index in [1.807, 2.05) is 37.4 Å². The first-order chi connectivity index (χ1) is 13.6. The summed E-state index contributed by atoms with van der Waals surface area (Å²) in [5, 5.41) is 3.52. The van der Waals surface area contributed by atoms with Crippen molar-refractivity contribution in [3.05, 3.63) is 65.7 Å². The Morgan fingerprint density at radius 2 is 1.79 bits per heavy atom. The summed E-state index contributed by atoms with van der Waals surface area (Å²) >= 11 is 0. The molecule has 2 aromatic carbocycles. The van der Waals surface area contributed by atoms with Gasteiger partial charge in [-0.05, 0) is 37.4 Å². The predicted molar refractivity (Wildman–Crippen MR) is 116 cm³/mol. The van der Waals surface area contributed by atoms with Crippen molar-refractivity contribution in [1.82, 2.24) is 15.1 Å². The Kier molecular flexibility index (Phi) is 7.31. The molecule has 5 heteroatoms. The molecule has 5 nitrogen and oxygen atoms in total. The smallest absolute Gasteiger partial charge is 0.193 e. The summed E-state index contributed by atoms with van der Waals surface area (Å²) in [6.07, 6.45) is 2.29. The second-order valence-corrected chi connectivity index (χ2v) is 7.58. The maximum Gasteiger partial charge on any atom is 0.193 e. The van der Waals surface area contributed by atoms with E-state index in [4.69, 9.17) is 4.74 Å². The third kappa shape index (κ3) is 5.99. The van der Waals surface area contributed by atoms with Crippen molar-refractivity contribution >= 4 is 5.96 Å². The summed E-state index contributed by atoms with van der Waals surface area (Å²) in [5.41, 5.74) is 2.61. The third-order valence-corrected chi connectivity index (χ3v) is 4.94. The lowest BCUT2D eigenvalue weighted by atomic mass is 10.1. The zero-order valence-electron chi connectivity index (χ0n) is 17.3. The van der Waals surface area contributed by atoms with Gasteiger partial charge in [0, 0.05) is 46.1 Å². The van der Waals surface area contributed by atoms with Gasteiger partial charge in [-0.3, -0.25) is 4.99 Å². The molecule has 0 aromatic heterocycles. The van der Waals surface area contributed by atoms with Gasteiger partial charge >= 0.3 is 0 Å². The molecule has 0 aliphatic carbocycles. The zero-order valence-corrected chi connectivity index (χ0v) is 17.3. The summed E-state index contributed by atoms with van der Waals surface area (Å²) < 4.78 is 6.10. The summed E-state index contributed by atoms with van der Waals surface area (Å²) in [5.74, 6) is 1.93. The van der Waals surface area contributed by atoms with Crippen molar-refractivity contribution in [3.63, 3.8) is 0 Å². The first kappa shape index (κ1) is 20.2. The van der Waals surface area contributed by atoms with Gasteiger partial charge in [0.25, 0.3) is 0 Å². The van der Waals surface area contributed by atoms with Gasteiger partial charge in [-0.2, -0.15) is 0 Å². The van der Waals surface area contributed by atoms with E-state index in [0.29, 0.717) is 0 Å². The molecule has 1 fully saturated rings. The highest BCUT2D eigenvalue weighted by Gasteiger charge is 2.22. The first-order valence-electron chi connectivity index (χ1n) is 10.0. The van der Waals surface area contributed by atoms with E-state index in [9.17, 15) is 0 Å². The van der Waals surface area contributed by atoms with Crippen LogP contribution in [0.2, 0.25) is 0 Å². The lowest BCUT2D eigenvalue weighted by Crippen LogP contribution is -2.47. The van der Waals surface area contributed by atoms with Gasteiger partial charge in [0.2, 0.25) is 0 Å². The number of nitrogens with one attached hydrogen (secondary N) is 1. The van der Waals surface area contributed by atoms with Gasteiger partial charge in [0.15, 0.2) is 5.96 Å².